The first-order chi connectivity index (χ1) is 17.6. The maximum absolute atomic E-state index is 13.6. The predicted octanol–water partition coefficient (Wildman–Crippen LogP) is 3.85. The topological polar surface area (TPSA) is 112 Å². The number of para-hydroxylation sites is 1. The van der Waals surface area contributed by atoms with Gasteiger partial charge in [0.05, 0.1) is 13.0 Å². The Morgan fingerprint density at radius 2 is 2.03 bits per heavy atom. The third-order valence-corrected chi connectivity index (χ3v) is 8.79. The van der Waals surface area contributed by atoms with E-state index in [1.54, 1.807) is 28.9 Å². The van der Waals surface area contributed by atoms with Gasteiger partial charge in [0.15, 0.2) is 5.71 Å². The third kappa shape index (κ3) is 4.86. The molecule has 0 saturated carbocycles. The van der Waals surface area contributed by atoms with Crippen molar-refractivity contribution in [2.75, 3.05) is 13.6 Å². The minimum atomic E-state index is -3.79. The van der Waals surface area contributed by atoms with Crippen molar-refractivity contribution >= 4 is 21.7 Å². The van der Waals surface area contributed by atoms with E-state index >= 15 is 0 Å². The molecule has 0 spiro atoms. The van der Waals surface area contributed by atoms with Crippen LogP contribution in [0.5, 0.6) is 5.75 Å². The second-order valence-corrected chi connectivity index (χ2v) is 11.5. The number of nitrogens with zero attached hydrogens (tertiary/aromatic N) is 4. The van der Waals surface area contributed by atoms with Crippen LogP contribution in [0.1, 0.15) is 36.0 Å². The van der Waals surface area contributed by atoms with Crippen LogP contribution in [0.4, 0.5) is 0 Å². The minimum absolute atomic E-state index is 0.103. The van der Waals surface area contributed by atoms with Gasteiger partial charge in [0.25, 0.3) is 0 Å². The van der Waals surface area contributed by atoms with Crippen LogP contribution in [0.3, 0.4) is 0 Å². The maximum Gasteiger partial charge on any atom is 0.304 e. The molecule has 2 unspecified atom stereocenters. The summed E-state index contributed by atoms with van der Waals surface area (Å²) in [5.74, 6) is -0.982. The lowest BCUT2D eigenvalue weighted by molar-refractivity contribution is -0.504. The first kappa shape index (κ1) is 25.0. The van der Waals surface area contributed by atoms with Gasteiger partial charge in [0, 0.05) is 17.6 Å². The Kier molecular flexibility index (Phi) is 6.55. The SMILES string of the molecule is Cc1ccc(C(CC(=O)O)C2=CC3N=N[N+](C)=C3C=C2)cc1CN1C[C@@H](C)Oc2ccccc2S1(=O)=O. The number of aliphatic carboxylic acids is 1. The van der Waals surface area contributed by atoms with Gasteiger partial charge in [0.1, 0.15) is 29.0 Å². The molecule has 2 aliphatic heterocycles. The summed E-state index contributed by atoms with van der Waals surface area (Å²) in [6, 6.07) is 12.2. The Labute approximate surface area is 216 Å². The van der Waals surface area contributed by atoms with Crippen LogP contribution in [0.15, 0.2) is 81.5 Å². The summed E-state index contributed by atoms with van der Waals surface area (Å²) in [5, 5.41) is 18.0. The van der Waals surface area contributed by atoms with E-state index in [-0.39, 0.29) is 36.6 Å². The third-order valence-electron chi connectivity index (χ3n) is 6.94. The molecule has 192 valence electrons. The number of allylic oxidation sites excluding steroid dienone is 2. The molecular weight excluding hydrogens is 492 g/mol. The molecule has 10 heteroatoms. The van der Waals surface area contributed by atoms with Gasteiger partial charge >= 0.3 is 5.97 Å². The predicted molar refractivity (Wildman–Crippen MR) is 137 cm³/mol. The number of ether oxygens (including phenoxy) is 1. The second-order valence-electron chi connectivity index (χ2n) is 9.61. The van der Waals surface area contributed by atoms with Crippen LogP contribution in [0.25, 0.3) is 0 Å². The van der Waals surface area contributed by atoms with Gasteiger partial charge in [0.2, 0.25) is 16.1 Å². The molecule has 9 nitrogen and oxygen atoms in total. The fourth-order valence-electron chi connectivity index (χ4n) is 4.97. The van der Waals surface area contributed by atoms with E-state index in [0.717, 1.165) is 28.0 Å². The quantitative estimate of drug-likeness (QED) is 0.581. The highest BCUT2D eigenvalue weighted by atomic mass is 32.2. The summed E-state index contributed by atoms with van der Waals surface area (Å²) in [4.78, 5) is 12.0. The van der Waals surface area contributed by atoms with Gasteiger partial charge in [-0.05, 0) is 60.4 Å². The Hall–Kier alpha value is -3.63. The number of hydrogen-bond acceptors (Lipinski definition) is 6. The van der Waals surface area contributed by atoms with Crippen molar-refractivity contribution in [3.05, 3.63) is 83.0 Å². The smallest absolute Gasteiger partial charge is 0.304 e. The van der Waals surface area contributed by atoms with Gasteiger partial charge < -0.3 is 9.84 Å². The van der Waals surface area contributed by atoms with Crippen molar-refractivity contribution in [2.45, 2.75) is 49.8 Å². The van der Waals surface area contributed by atoms with E-state index in [9.17, 15) is 18.3 Å². The normalized spacial score (nSPS) is 23.1. The second kappa shape index (κ2) is 9.68. The lowest BCUT2D eigenvalue weighted by atomic mass is 9.83. The molecule has 0 bridgehead atoms. The van der Waals surface area contributed by atoms with Crippen LogP contribution < -0.4 is 4.74 Å². The highest BCUT2D eigenvalue weighted by Crippen LogP contribution is 2.35. The van der Waals surface area contributed by atoms with Gasteiger partial charge in [-0.1, -0.05) is 36.4 Å². The molecule has 0 saturated heterocycles. The number of rotatable bonds is 6. The maximum atomic E-state index is 13.6. The fraction of sp³-hybridized carbons (Fsp3) is 0.333. The zero-order valence-electron chi connectivity index (χ0n) is 20.9. The molecule has 0 amide bonds. The summed E-state index contributed by atoms with van der Waals surface area (Å²) < 4.78 is 36.1. The first-order valence-electron chi connectivity index (χ1n) is 12.1. The Morgan fingerprint density at radius 3 is 2.81 bits per heavy atom. The summed E-state index contributed by atoms with van der Waals surface area (Å²) >= 11 is 0. The number of benzene rings is 2. The van der Waals surface area contributed by atoms with Gasteiger partial charge in [-0.3, -0.25) is 4.79 Å². The standard InChI is InChI=1S/C27H28N4O5S/c1-17-8-9-19(22(14-27(32)33)20-10-11-24-23(13-20)28-29-30(24)3)12-21(17)16-31-15-18(2)36-25-6-4-5-7-26(25)37(31,34)35/h4-13,18,22-23H,14-16H2,1-3H3/p+1/t18-,22?,23?/m1/s1. The minimum Gasteiger partial charge on any atom is -0.488 e. The number of carboxylic acid groups (broad SMARTS) is 1. The number of carbonyl (C=O) groups is 1. The lowest BCUT2D eigenvalue weighted by Gasteiger charge is -2.24. The summed E-state index contributed by atoms with van der Waals surface area (Å²) in [6.07, 6.45) is 5.36. The fourth-order valence-corrected chi connectivity index (χ4v) is 6.59. The highest BCUT2D eigenvalue weighted by molar-refractivity contribution is 7.89. The Bertz CT molecular complexity index is 1490. The van der Waals surface area contributed by atoms with Crippen molar-refractivity contribution < 1.29 is 27.7 Å². The lowest BCUT2D eigenvalue weighted by Crippen LogP contribution is -2.35. The van der Waals surface area contributed by atoms with E-state index in [2.05, 4.69) is 10.3 Å². The van der Waals surface area contributed by atoms with Crippen molar-refractivity contribution in [2.24, 2.45) is 10.3 Å². The van der Waals surface area contributed by atoms with Crippen molar-refractivity contribution in [1.29, 1.82) is 0 Å². The van der Waals surface area contributed by atoms with Crippen LogP contribution >= 0.6 is 0 Å². The van der Waals surface area contributed by atoms with Gasteiger partial charge in [-0.15, -0.1) is 4.68 Å². The van der Waals surface area contributed by atoms with Crippen molar-refractivity contribution in [1.82, 2.24) is 4.31 Å². The molecule has 0 radical (unpaired) electrons. The summed E-state index contributed by atoms with van der Waals surface area (Å²) in [6.45, 7) is 4.13. The largest absolute Gasteiger partial charge is 0.488 e. The average molecular weight is 522 g/mol. The van der Waals surface area contributed by atoms with E-state index < -0.39 is 21.9 Å². The molecule has 2 heterocycles. The monoisotopic (exact) mass is 521 g/mol. The Balaban J connectivity index is 1.50. The van der Waals surface area contributed by atoms with Crippen LogP contribution in [-0.2, 0) is 21.4 Å². The van der Waals surface area contributed by atoms with Gasteiger partial charge in [-0.2, -0.15) is 4.31 Å². The summed E-state index contributed by atoms with van der Waals surface area (Å²) in [7, 11) is -1.97. The molecule has 2 aromatic rings. The molecule has 0 fully saturated rings. The van der Waals surface area contributed by atoms with Crippen molar-refractivity contribution in [3.8, 4) is 5.75 Å². The zero-order valence-corrected chi connectivity index (χ0v) is 21.7. The molecule has 1 aliphatic carbocycles. The molecule has 0 aromatic heterocycles. The number of sulfonamides is 1. The van der Waals surface area contributed by atoms with Crippen LogP contribution in [-0.4, -0.2) is 59.9 Å². The highest BCUT2D eigenvalue weighted by Gasteiger charge is 2.35. The number of carboxylic acids is 1. The summed E-state index contributed by atoms with van der Waals surface area (Å²) in [5.41, 5.74) is 4.33. The number of aryl methyl sites for hydroxylation is 1. The molecule has 3 atom stereocenters. The zero-order chi connectivity index (χ0) is 26.3. The number of fused-ring (bicyclic) bond motifs is 2. The molecule has 5 rings (SSSR count). The first-order valence-corrected chi connectivity index (χ1v) is 13.6. The van der Waals surface area contributed by atoms with E-state index in [1.807, 2.05) is 57.3 Å². The molecule has 2 aromatic carbocycles. The van der Waals surface area contributed by atoms with Crippen LogP contribution in [0.2, 0.25) is 0 Å². The van der Waals surface area contributed by atoms with Gasteiger partial charge in [-0.25, -0.2) is 8.42 Å². The van der Waals surface area contributed by atoms with Crippen LogP contribution in [0, 0.1) is 6.92 Å². The average Bonchev–Trinajstić information content (AvgIpc) is 3.19. The Morgan fingerprint density at radius 1 is 1.24 bits per heavy atom. The van der Waals surface area contributed by atoms with E-state index in [0.29, 0.717) is 5.75 Å². The molecular formula is C27H29N4O5S+. The van der Waals surface area contributed by atoms with E-state index in [4.69, 9.17) is 4.74 Å². The van der Waals surface area contributed by atoms with E-state index in [1.165, 1.54) is 4.31 Å². The number of hydrogen-bond donors (Lipinski definition) is 1. The molecule has 3 aliphatic rings. The van der Waals surface area contributed by atoms with Crippen molar-refractivity contribution in [3.63, 3.8) is 0 Å². The molecule has 1 N–H and O–H groups in total. The molecule has 37 heavy (non-hydrogen) atoms.